The maximum atomic E-state index is 13.3. The van der Waals surface area contributed by atoms with E-state index in [1.54, 1.807) is 6.26 Å². The van der Waals surface area contributed by atoms with E-state index in [-0.39, 0.29) is 23.8 Å². The van der Waals surface area contributed by atoms with E-state index in [0.717, 1.165) is 32.2 Å². The van der Waals surface area contributed by atoms with Gasteiger partial charge >= 0.3 is 0 Å². The Kier molecular flexibility index (Phi) is 9.94. The predicted molar refractivity (Wildman–Crippen MR) is 125 cm³/mol. The highest BCUT2D eigenvalue weighted by molar-refractivity contribution is 7.99. The third-order valence-electron chi connectivity index (χ3n) is 7.11. The third-order valence-corrected chi connectivity index (χ3v) is 8.24. The second-order valence-electron chi connectivity index (χ2n) is 9.66. The van der Waals surface area contributed by atoms with Crippen LogP contribution in [0.1, 0.15) is 39.5 Å². The normalized spacial score (nSPS) is 41.2. The highest BCUT2D eigenvalue weighted by Gasteiger charge is 2.49. The molecule has 3 heterocycles. The maximum absolute atomic E-state index is 13.3. The maximum Gasteiger partial charge on any atom is 0.240 e. The molecular weight excluding hydrogens is 456 g/mol. The average Bonchev–Trinajstić information content (AvgIpc) is 3.05. The van der Waals surface area contributed by atoms with Gasteiger partial charge in [-0.15, -0.1) is 23.4 Å². The molecule has 3 saturated heterocycles. The minimum atomic E-state index is -1.34. The van der Waals surface area contributed by atoms with Crippen LogP contribution < -0.4 is 10.6 Å². The van der Waals surface area contributed by atoms with Crippen LogP contribution in [-0.2, 0) is 14.3 Å². The van der Waals surface area contributed by atoms with Crippen molar-refractivity contribution >= 4 is 29.3 Å². The molecule has 0 saturated carbocycles. The summed E-state index contributed by atoms with van der Waals surface area (Å²) in [4.78, 5) is 13.3. The van der Waals surface area contributed by atoms with Gasteiger partial charge in [-0.2, -0.15) is 0 Å². The summed E-state index contributed by atoms with van der Waals surface area (Å²) in [5, 5.41) is 37.5. The largest absolute Gasteiger partial charge is 0.388 e. The molecule has 3 aliphatic rings. The number of rotatable bonds is 8. The zero-order valence-corrected chi connectivity index (χ0v) is 20.7. The molecule has 3 rings (SSSR count). The minimum Gasteiger partial charge on any atom is -0.388 e. The van der Waals surface area contributed by atoms with Crippen molar-refractivity contribution in [3.8, 4) is 0 Å². The van der Waals surface area contributed by atoms with Crippen molar-refractivity contribution in [3.05, 3.63) is 0 Å². The number of aliphatic hydroxyl groups excluding tert-OH is 3. The molecule has 5 N–H and O–H groups in total. The lowest BCUT2D eigenvalue weighted by Gasteiger charge is -2.44. The molecule has 0 bridgehead atoms. The lowest BCUT2D eigenvalue weighted by Crippen LogP contribution is -2.65. The van der Waals surface area contributed by atoms with Gasteiger partial charge in [0, 0.05) is 19.0 Å². The quantitative estimate of drug-likeness (QED) is 0.313. The molecule has 10 atom stereocenters. The molecule has 32 heavy (non-hydrogen) atoms. The Morgan fingerprint density at radius 1 is 1.25 bits per heavy atom. The molecule has 0 aromatic heterocycles. The summed E-state index contributed by atoms with van der Waals surface area (Å²) in [6.45, 7) is 5.23. The fourth-order valence-corrected chi connectivity index (χ4v) is 6.10. The smallest absolute Gasteiger partial charge is 0.240 e. The summed E-state index contributed by atoms with van der Waals surface area (Å²) >= 11 is 7.13. The number of halogens is 1. The molecule has 3 aliphatic heterocycles. The Labute approximate surface area is 200 Å². The second kappa shape index (κ2) is 12.0. The van der Waals surface area contributed by atoms with E-state index in [0.29, 0.717) is 18.4 Å². The Balaban J connectivity index is 1.66. The van der Waals surface area contributed by atoms with E-state index in [4.69, 9.17) is 21.1 Å². The van der Waals surface area contributed by atoms with Gasteiger partial charge in [-0.05, 0) is 49.7 Å². The Bertz CT molecular complexity index is 615. The number of nitrogens with one attached hydrogen (secondary N) is 2. The van der Waals surface area contributed by atoms with Gasteiger partial charge in [-0.1, -0.05) is 13.8 Å². The Morgan fingerprint density at radius 3 is 2.66 bits per heavy atom. The lowest BCUT2D eigenvalue weighted by molar-refractivity contribution is -0.208. The number of amides is 1. The number of thioether (sulfide) groups is 1. The fourth-order valence-electron chi connectivity index (χ4n) is 5.27. The minimum absolute atomic E-state index is 0.0595. The van der Waals surface area contributed by atoms with Crippen molar-refractivity contribution in [2.45, 2.75) is 87.6 Å². The standard InChI is InChI=1S/C22H39ClN2O6S/c1-11(2)14(20-17(27)16(26)18(28)22(31-20)32-3)25-21(29)15-19-13(10-24-15)9-12(5-4-7-23)6-8-30-19/h11-20,22,24,26-28H,4-10H2,1-3H3,(H,25,29)/t12-,13+,14-,15+,16?,17?,18-,19-,20-,22?/m1/s1. The molecule has 8 nitrogen and oxygen atoms in total. The highest BCUT2D eigenvalue weighted by Crippen LogP contribution is 2.34. The number of carbonyl (C=O) groups excluding carboxylic acids is 1. The first-order chi connectivity index (χ1) is 15.3. The SMILES string of the molecule is CSC1O[C@H]([C@H](NC(=O)[C@H]2NC[C@@H]3C[C@H](CCCCl)CCO[C@H]32)C(C)C)C(O)C(O)[C@H]1O. The van der Waals surface area contributed by atoms with Gasteiger partial charge in [-0.25, -0.2) is 0 Å². The molecule has 3 fully saturated rings. The average molecular weight is 495 g/mol. The fraction of sp³-hybridized carbons (Fsp3) is 0.955. The van der Waals surface area contributed by atoms with E-state index in [1.807, 2.05) is 13.8 Å². The first-order valence-electron chi connectivity index (χ1n) is 11.7. The molecule has 1 amide bonds. The topological polar surface area (TPSA) is 120 Å². The van der Waals surface area contributed by atoms with Crippen LogP contribution in [0.4, 0.5) is 0 Å². The van der Waals surface area contributed by atoms with Crippen LogP contribution in [0.5, 0.6) is 0 Å². The van der Waals surface area contributed by atoms with Gasteiger partial charge in [0.25, 0.3) is 0 Å². The summed E-state index contributed by atoms with van der Waals surface area (Å²) in [7, 11) is 0. The van der Waals surface area contributed by atoms with Crippen molar-refractivity contribution in [2.24, 2.45) is 17.8 Å². The van der Waals surface area contributed by atoms with E-state index in [1.165, 1.54) is 11.8 Å². The lowest BCUT2D eigenvalue weighted by atomic mass is 9.87. The van der Waals surface area contributed by atoms with Gasteiger partial charge in [0.2, 0.25) is 5.91 Å². The van der Waals surface area contributed by atoms with Crippen molar-refractivity contribution in [3.63, 3.8) is 0 Å². The van der Waals surface area contributed by atoms with Crippen LogP contribution in [0.3, 0.4) is 0 Å². The van der Waals surface area contributed by atoms with E-state index >= 15 is 0 Å². The number of hydrogen-bond acceptors (Lipinski definition) is 8. The highest BCUT2D eigenvalue weighted by atomic mass is 35.5. The Morgan fingerprint density at radius 2 is 2.00 bits per heavy atom. The molecule has 0 radical (unpaired) electrons. The number of fused-ring (bicyclic) bond motifs is 1. The van der Waals surface area contributed by atoms with Gasteiger partial charge in [0.05, 0.1) is 12.1 Å². The molecule has 186 valence electrons. The predicted octanol–water partition coefficient (Wildman–Crippen LogP) is 0.700. The van der Waals surface area contributed by atoms with E-state index < -0.39 is 41.9 Å². The van der Waals surface area contributed by atoms with Crippen LogP contribution in [0.2, 0.25) is 0 Å². The number of hydrogen-bond donors (Lipinski definition) is 5. The number of alkyl halides is 1. The number of carbonyl (C=O) groups is 1. The molecule has 0 aromatic rings. The van der Waals surface area contributed by atoms with Crippen LogP contribution in [0.15, 0.2) is 0 Å². The number of ether oxygens (including phenoxy) is 2. The van der Waals surface area contributed by atoms with Gasteiger partial charge < -0.3 is 35.4 Å². The summed E-state index contributed by atoms with van der Waals surface area (Å²) in [6.07, 6.45) is 1.02. The summed E-state index contributed by atoms with van der Waals surface area (Å²) in [5.41, 5.74) is -0.680. The van der Waals surface area contributed by atoms with Crippen LogP contribution in [0.25, 0.3) is 0 Å². The molecule has 0 spiro atoms. The summed E-state index contributed by atoms with van der Waals surface area (Å²) in [6, 6.07) is -1.00. The summed E-state index contributed by atoms with van der Waals surface area (Å²) < 4.78 is 12.1. The van der Waals surface area contributed by atoms with Crippen molar-refractivity contribution in [2.75, 3.05) is 25.3 Å². The van der Waals surface area contributed by atoms with Crippen LogP contribution >= 0.6 is 23.4 Å². The first-order valence-corrected chi connectivity index (χ1v) is 13.5. The summed E-state index contributed by atoms with van der Waals surface area (Å²) in [5.74, 6) is 1.27. The molecular formula is C22H39ClN2O6S. The zero-order valence-electron chi connectivity index (χ0n) is 19.2. The molecule has 0 aromatic carbocycles. The van der Waals surface area contributed by atoms with Gasteiger partial charge in [0.15, 0.2) is 0 Å². The third kappa shape index (κ3) is 5.92. The molecule has 0 aliphatic carbocycles. The van der Waals surface area contributed by atoms with Crippen LogP contribution in [0, 0.1) is 17.8 Å². The first kappa shape index (κ1) is 26.5. The van der Waals surface area contributed by atoms with Gasteiger partial charge in [-0.3, -0.25) is 4.79 Å². The van der Waals surface area contributed by atoms with Crippen molar-refractivity contribution in [1.82, 2.24) is 10.6 Å². The zero-order chi connectivity index (χ0) is 23.4. The Hall–Kier alpha value is -0.130. The van der Waals surface area contributed by atoms with E-state index in [2.05, 4.69) is 10.6 Å². The number of aliphatic hydroxyl groups is 3. The van der Waals surface area contributed by atoms with Crippen LogP contribution in [-0.4, -0.2) is 94.6 Å². The van der Waals surface area contributed by atoms with Gasteiger partial charge in [0.1, 0.15) is 35.9 Å². The van der Waals surface area contributed by atoms with Crippen molar-refractivity contribution in [1.29, 1.82) is 0 Å². The van der Waals surface area contributed by atoms with E-state index in [9.17, 15) is 20.1 Å². The molecule has 10 heteroatoms. The van der Waals surface area contributed by atoms with Crippen molar-refractivity contribution < 1.29 is 29.6 Å². The monoisotopic (exact) mass is 494 g/mol. The molecule has 3 unspecified atom stereocenters. The second-order valence-corrected chi connectivity index (χ2v) is 11.0.